The van der Waals surface area contributed by atoms with Gasteiger partial charge in [-0.1, -0.05) is 12.2 Å². The maximum atomic E-state index is 10.2. The minimum atomic E-state index is -1.50. The number of nitrogens with zero attached hydrogens (tertiary/aromatic N) is 2. The summed E-state index contributed by atoms with van der Waals surface area (Å²) in [5.41, 5.74) is 1.67. The molecule has 0 aromatic carbocycles. The van der Waals surface area contributed by atoms with E-state index in [-0.39, 0.29) is 10.2 Å². The maximum Gasteiger partial charge on any atom is 0.164 e. The zero-order chi connectivity index (χ0) is 16.6. The number of pyridine rings is 1. The Hall–Kier alpha value is -1.34. The lowest BCUT2D eigenvalue weighted by Gasteiger charge is -2.41. The largest absolute Gasteiger partial charge is 0.394 e. The number of aromatic nitrogens is 1. The highest BCUT2D eigenvalue weighted by Gasteiger charge is 2.44. The smallest absolute Gasteiger partial charge is 0.164 e. The predicted octanol–water partition coefficient (Wildman–Crippen LogP) is -0.321. The molecular weight excluding hydrogens is 308 g/mol. The highest BCUT2D eigenvalue weighted by molar-refractivity contribution is 7.71. The molecule has 1 aromatic rings. The topological polar surface area (TPSA) is 119 Å². The van der Waals surface area contributed by atoms with Crippen molar-refractivity contribution < 1.29 is 25.2 Å². The first kappa shape index (κ1) is 17.0. The molecule has 1 aliphatic heterocycles. The minimum absolute atomic E-state index is 0.162. The van der Waals surface area contributed by atoms with Gasteiger partial charge in [0.1, 0.15) is 35.1 Å². The van der Waals surface area contributed by atoms with Gasteiger partial charge in [0.2, 0.25) is 0 Å². The van der Waals surface area contributed by atoms with Gasteiger partial charge in [0, 0.05) is 5.69 Å². The quantitative estimate of drug-likeness (QED) is 0.550. The molecule has 1 aliphatic rings. The van der Waals surface area contributed by atoms with Gasteiger partial charge in [0.15, 0.2) is 6.23 Å². The third kappa shape index (κ3) is 2.67. The van der Waals surface area contributed by atoms with Gasteiger partial charge in [-0.25, -0.2) is 0 Å². The molecule has 0 bridgehead atoms. The van der Waals surface area contributed by atoms with Crippen LogP contribution in [0.1, 0.15) is 23.0 Å². The molecule has 0 radical (unpaired) electrons. The van der Waals surface area contributed by atoms with Crippen molar-refractivity contribution >= 4 is 12.2 Å². The number of aliphatic hydroxyl groups excluding tert-OH is 4. The van der Waals surface area contributed by atoms with Crippen LogP contribution in [0.2, 0.25) is 0 Å². The van der Waals surface area contributed by atoms with Gasteiger partial charge in [-0.05, 0) is 25.5 Å². The van der Waals surface area contributed by atoms with Crippen LogP contribution in [-0.2, 0) is 4.74 Å². The number of aliphatic hydroxyl groups is 4. The van der Waals surface area contributed by atoms with Gasteiger partial charge in [-0.3, -0.25) is 0 Å². The lowest BCUT2D eigenvalue weighted by atomic mass is 9.97. The molecule has 0 spiro atoms. The molecular formula is C14H18N2O5S. The zero-order valence-electron chi connectivity index (χ0n) is 12.2. The Morgan fingerprint density at radius 3 is 2.45 bits per heavy atom. The molecule has 120 valence electrons. The van der Waals surface area contributed by atoms with Crippen LogP contribution < -0.4 is 0 Å². The van der Waals surface area contributed by atoms with Crippen LogP contribution in [0.5, 0.6) is 0 Å². The Labute approximate surface area is 132 Å². The van der Waals surface area contributed by atoms with Crippen molar-refractivity contribution in [2.75, 3.05) is 6.61 Å². The predicted molar refractivity (Wildman–Crippen MR) is 78.5 cm³/mol. The van der Waals surface area contributed by atoms with Crippen molar-refractivity contribution in [3.8, 4) is 6.07 Å². The summed E-state index contributed by atoms with van der Waals surface area (Å²) in [5.74, 6) is 0. The fraction of sp³-hybridized carbons (Fsp3) is 0.571. The summed E-state index contributed by atoms with van der Waals surface area (Å²) < 4.78 is 7.11. The van der Waals surface area contributed by atoms with E-state index in [0.29, 0.717) is 5.69 Å². The number of rotatable bonds is 2. The summed E-state index contributed by atoms with van der Waals surface area (Å²) in [7, 11) is 0. The van der Waals surface area contributed by atoms with Gasteiger partial charge in [-0.15, -0.1) is 0 Å². The fourth-order valence-electron chi connectivity index (χ4n) is 2.54. The number of nitriles is 1. The van der Waals surface area contributed by atoms with E-state index in [2.05, 4.69) is 0 Å². The minimum Gasteiger partial charge on any atom is -0.394 e. The molecule has 4 N–H and O–H groups in total. The molecule has 2 heterocycles. The number of hydrogen-bond donors (Lipinski definition) is 4. The van der Waals surface area contributed by atoms with Gasteiger partial charge < -0.3 is 29.7 Å². The third-order valence-corrected chi connectivity index (χ3v) is 4.40. The molecule has 0 amide bonds. The molecule has 0 unspecified atom stereocenters. The summed E-state index contributed by atoms with van der Waals surface area (Å²) in [6.45, 7) is 3.00. The van der Waals surface area contributed by atoms with Crippen LogP contribution in [0.3, 0.4) is 0 Å². The van der Waals surface area contributed by atoms with Crippen molar-refractivity contribution in [2.24, 2.45) is 0 Å². The lowest BCUT2D eigenvalue weighted by Crippen LogP contribution is -2.56. The van der Waals surface area contributed by atoms with E-state index >= 15 is 0 Å². The summed E-state index contributed by atoms with van der Waals surface area (Å²) in [5, 5.41) is 48.4. The molecule has 2 rings (SSSR count). The normalized spacial score (nSPS) is 31.8. The summed E-state index contributed by atoms with van der Waals surface area (Å²) >= 11 is 5.26. The highest BCUT2D eigenvalue weighted by atomic mass is 32.1. The SMILES string of the molecule is Cc1cc(C#N)c(=S)n([C@H]2O[C@@H](CO)[C@@H](O)[C@@H](O)[C@H]2O)c1C. The first-order valence-electron chi connectivity index (χ1n) is 6.76. The van der Waals surface area contributed by atoms with E-state index in [1.165, 1.54) is 4.57 Å². The monoisotopic (exact) mass is 326 g/mol. The maximum absolute atomic E-state index is 10.2. The van der Waals surface area contributed by atoms with Crippen molar-refractivity contribution in [1.29, 1.82) is 5.26 Å². The van der Waals surface area contributed by atoms with E-state index in [4.69, 9.17) is 22.2 Å². The van der Waals surface area contributed by atoms with Gasteiger partial charge in [0.05, 0.1) is 12.2 Å². The van der Waals surface area contributed by atoms with Gasteiger partial charge in [0.25, 0.3) is 0 Å². The standard InChI is InChI=1S/C14H18N2O5S/c1-6-3-8(4-15)14(22)16(7(6)2)13-12(20)11(19)10(18)9(5-17)21-13/h3,9-13,17-20H,5H2,1-2H3/t9-,10+,11+,12+,13-/m0/s1. The van der Waals surface area contributed by atoms with Crippen molar-refractivity contribution in [2.45, 2.75) is 44.5 Å². The first-order valence-corrected chi connectivity index (χ1v) is 7.17. The van der Waals surface area contributed by atoms with E-state index in [1.54, 1.807) is 19.9 Å². The van der Waals surface area contributed by atoms with E-state index < -0.39 is 37.3 Å². The molecule has 1 aromatic heterocycles. The Bertz CT molecular complexity index is 666. The van der Waals surface area contributed by atoms with Gasteiger partial charge >= 0.3 is 0 Å². The van der Waals surface area contributed by atoms with Crippen LogP contribution in [0.15, 0.2) is 6.07 Å². The van der Waals surface area contributed by atoms with Gasteiger partial charge in [-0.2, -0.15) is 5.26 Å². The molecule has 5 atom stereocenters. The van der Waals surface area contributed by atoms with Crippen molar-refractivity contribution in [3.05, 3.63) is 27.5 Å². The molecule has 22 heavy (non-hydrogen) atoms. The Balaban J connectivity index is 2.58. The second kappa shape index (κ2) is 6.42. The van der Waals surface area contributed by atoms with E-state index in [0.717, 1.165) is 5.56 Å². The van der Waals surface area contributed by atoms with Crippen LogP contribution >= 0.6 is 12.2 Å². The summed E-state index contributed by atoms with van der Waals surface area (Å²) in [6.07, 6.45) is -6.52. The number of aryl methyl sites for hydroxylation is 1. The van der Waals surface area contributed by atoms with Crippen molar-refractivity contribution in [3.63, 3.8) is 0 Å². The van der Waals surface area contributed by atoms with Crippen LogP contribution in [0.25, 0.3) is 0 Å². The highest BCUT2D eigenvalue weighted by Crippen LogP contribution is 2.31. The molecule has 0 saturated carbocycles. The number of hydrogen-bond acceptors (Lipinski definition) is 7. The van der Waals surface area contributed by atoms with Crippen LogP contribution in [0.4, 0.5) is 0 Å². The van der Waals surface area contributed by atoms with Crippen LogP contribution in [0, 0.1) is 29.8 Å². The molecule has 7 nitrogen and oxygen atoms in total. The second-order valence-corrected chi connectivity index (χ2v) is 5.72. The molecule has 1 saturated heterocycles. The zero-order valence-corrected chi connectivity index (χ0v) is 13.0. The second-order valence-electron chi connectivity index (χ2n) is 5.33. The molecule has 8 heteroatoms. The molecule has 1 fully saturated rings. The average molecular weight is 326 g/mol. The average Bonchev–Trinajstić information content (AvgIpc) is 2.50. The van der Waals surface area contributed by atoms with Crippen molar-refractivity contribution in [1.82, 2.24) is 4.57 Å². The molecule has 0 aliphatic carbocycles. The van der Waals surface area contributed by atoms with E-state index in [9.17, 15) is 20.4 Å². The Morgan fingerprint density at radius 2 is 1.91 bits per heavy atom. The Kier molecular flexibility index (Phi) is 4.97. The number of ether oxygens (including phenoxy) is 1. The Morgan fingerprint density at radius 1 is 1.27 bits per heavy atom. The lowest BCUT2D eigenvalue weighted by molar-refractivity contribution is -0.252. The summed E-state index contributed by atoms with van der Waals surface area (Å²) in [4.78, 5) is 0. The van der Waals surface area contributed by atoms with Crippen LogP contribution in [-0.4, -0.2) is 56.0 Å². The fourth-order valence-corrected chi connectivity index (χ4v) is 2.88. The first-order chi connectivity index (χ1) is 10.3. The summed E-state index contributed by atoms with van der Waals surface area (Å²) in [6, 6.07) is 3.62. The van der Waals surface area contributed by atoms with E-state index in [1.807, 2.05) is 6.07 Å². The third-order valence-electron chi connectivity index (χ3n) is 3.98.